The second kappa shape index (κ2) is 11.7. The van der Waals surface area contributed by atoms with E-state index in [2.05, 4.69) is 43.4 Å². The minimum Gasteiger partial charge on any atom is -0.478 e. The highest BCUT2D eigenvalue weighted by molar-refractivity contribution is 7.89. The van der Waals surface area contributed by atoms with E-state index in [-0.39, 0.29) is 23.5 Å². The van der Waals surface area contributed by atoms with Gasteiger partial charge >= 0.3 is 5.97 Å². The summed E-state index contributed by atoms with van der Waals surface area (Å²) in [6.45, 7) is 6.34. The van der Waals surface area contributed by atoms with Crippen LogP contribution in [-0.2, 0) is 34.1 Å². The second-order valence-electron chi connectivity index (χ2n) is 10.3. The number of hydrogen-bond acceptors (Lipinski definition) is 5. The zero-order chi connectivity index (χ0) is 26.5. The molecule has 8 heteroatoms. The first-order chi connectivity index (χ1) is 16.9. The zero-order valence-corrected chi connectivity index (χ0v) is 22.4. The summed E-state index contributed by atoms with van der Waals surface area (Å²) in [5.74, 6) is -0.519. The van der Waals surface area contributed by atoms with Gasteiger partial charge in [0.25, 0.3) is 0 Å². The number of sulfonamides is 1. The largest absolute Gasteiger partial charge is 0.478 e. The summed E-state index contributed by atoms with van der Waals surface area (Å²) in [7, 11) is -2.35. The van der Waals surface area contributed by atoms with E-state index in [0.29, 0.717) is 23.5 Å². The number of aliphatic hydroxyl groups excluding tert-OH is 1. The predicted molar refractivity (Wildman–Crippen MR) is 142 cm³/mol. The summed E-state index contributed by atoms with van der Waals surface area (Å²) < 4.78 is 27.7. The van der Waals surface area contributed by atoms with Crippen molar-refractivity contribution >= 4 is 22.1 Å². The minimum absolute atomic E-state index is 0.0376. The first-order valence-electron chi connectivity index (χ1n) is 12.4. The van der Waals surface area contributed by atoms with Crippen LogP contribution in [0.2, 0.25) is 0 Å². The molecule has 0 saturated carbocycles. The van der Waals surface area contributed by atoms with Gasteiger partial charge < -0.3 is 15.5 Å². The molecule has 1 aliphatic rings. The van der Waals surface area contributed by atoms with Gasteiger partial charge in [-0.25, -0.2) is 13.2 Å². The van der Waals surface area contributed by atoms with Crippen molar-refractivity contribution in [1.29, 1.82) is 0 Å². The molecular formula is C28H38N2O5S. The second-order valence-corrected chi connectivity index (χ2v) is 12.4. The van der Waals surface area contributed by atoms with Crippen molar-refractivity contribution in [3.05, 3.63) is 70.8 Å². The lowest BCUT2D eigenvalue weighted by atomic mass is 9.88. The van der Waals surface area contributed by atoms with Crippen LogP contribution in [0, 0.1) is 5.92 Å². The maximum Gasteiger partial charge on any atom is 0.328 e. The van der Waals surface area contributed by atoms with E-state index in [1.165, 1.54) is 34.6 Å². The fourth-order valence-electron chi connectivity index (χ4n) is 5.01. The van der Waals surface area contributed by atoms with Gasteiger partial charge in [-0.15, -0.1) is 0 Å². The van der Waals surface area contributed by atoms with Crippen molar-refractivity contribution in [3.8, 4) is 0 Å². The molecule has 0 heterocycles. The maximum atomic E-state index is 13.2. The van der Waals surface area contributed by atoms with Gasteiger partial charge in [-0.2, -0.15) is 4.31 Å². The monoisotopic (exact) mass is 514 g/mol. The molecule has 7 nitrogen and oxygen atoms in total. The van der Waals surface area contributed by atoms with Crippen LogP contribution in [0.3, 0.4) is 0 Å². The molecule has 3 N–H and O–H groups in total. The molecule has 0 aliphatic heterocycles. The third-order valence-electron chi connectivity index (χ3n) is 6.79. The molecule has 0 saturated heterocycles. The Morgan fingerprint density at radius 1 is 1.19 bits per heavy atom. The summed E-state index contributed by atoms with van der Waals surface area (Å²) in [4.78, 5) is 10.9. The van der Waals surface area contributed by atoms with E-state index >= 15 is 0 Å². The number of carboxylic acids is 1. The summed E-state index contributed by atoms with van der Waals surface area (Å²) >= 11 is 0. The van der Waals surface area contributed by atoms with Crippen LogP contribution in [0.5, 0.6) is 0 Å². The molecule has 0 radical (unpaired) electrons. The number of aliphatic hydroxyl groups is 1. The number of β-amino-alcohol motifs (C(OH)–C–C–N with tert-alkyl or cyclic N) is 1. The van der Waals surface area contributed by atoms with Gasteiger partial charge in [-0.05, 0) is 79.8 Å². The standard InChI is InChI=1S/C28H38N2O5S/c1-5-22-14-20(11-13-27(32)33)10-12-26(22)36(34,35)30(4)19-25(31)18-29-28(2,3)17-21-15-23-8-6-7-9-24(23)16-21/h6-14,21,25,29,31H,5,15-19H2,1-4H3,(H,32,33). The molecule has 0 bridgehead atoms. The number of likely N-dealkylation sites (N-methyl/N-ethyl adjacent to an activating group) is 1. The third kappa shape index (κ3) is 7.26. The first kappa shape index (κ1) is 28.1. The van der Waals surface area contributed by atoms with Gasteiger partial charge in [-0.3, -0.25) is 0 Å². The van der Waals surface area contributed by atoms with Crippen molar-refractivity contribution < 1.29 is 23.4 Å². The number of fused-ring (bicyclic) bond motifs is 1. The Labute approximate surface area is 214 Å². The third-order valence-corrected chi connectivity index (χ3v) is 8.71. The van der Waals surface area contributed by atoms with Crippen molar-refractivity contribution in [2.24, 2.45) is 5.92 Å². The van der Waals surface area contributed by atoms with Gasteiger partial charge in [0.15, 0.2) is 0 Å². The van der Waals surface area contributed by atoms with Crippen molar-refractivity contribution in [3.63, 3.8) is 0 Å². The van der Waals surface area contributed by atoms with E-state index in [0.717, 1.165) is 25.3 Å². The lowest BCUT2D eigenvalue weighted by molar-refractivity contribution is -0.131. The summed E-state index contributed by atoms with van der Waals surface area (Å²) in [5.41, 5.74) is 3.86. The van der Waals surface area contributed by atoms with Crippen LogP contribution in [0.25, 0.3) is 6.08 Å². The number of carbonyl (C=O) groups is 1. The highest BCUT2D eigenvalue weighted by Crippen LogP contribution is 2.32. The Balaban J connectivity index is 1.57. The smallest absolute Gasteiger partial charge is 0.328 e. The predicted octanol–water partition coefficient (Wildman–Crippen LogP) is 3.50. The van der Waals surface area contributed by atoms with E-state index in [4.69, 9.17) is 5.11 Å². The Kier molecular flexibility index (Phi) is 9.11. The minimum atomic E-state index is -3.82. The molecule has 0 aromatic heterocycles. The Hall–Kier alpha value is -2.52. The Morgan fingerprint density at radius 2 is 1.83 bits per heavy atom. The number of benzene rings is 2. The molecule has 1 atom stereocenters. The molecule has 0 amide bonds. The molecule has 3 rings (SSSR count). The molecule has 1 unspecified atom stereocenters. The number of aryl methyl sites for hydroxylation is 1. The summed E-state index contributed by atoms with van der Waals surface area (Å²) in [5, 5.41) is 22.9. The summed E-state index contributed by atoms with van der Waals surface area (Å²) in [6, 6.07) is 13.3. The molecule has 0 fully saturated rings. The van der Waals surface area contributed by atoms with Crippen LogP contribution in [-0.4, -0.2) is 60.7 Å². The van der Waals surface area contributed by atoms with Crippen molar-refractivity contribution in [1.82, 2.24) is 9.62 Å². The molecule has 1 aliphatic carbocycles. The topological polar surface area (TPSA) is 107 Å². The Morgan fingerprint density at radius 3 is 2.42 bits per heavy atom. The highest BCUT2D eigenvalue weighted by atomic mass is 32.2. The molecule has 0 spiro atoms. The maximum absolute atomic E-state index is 13.2. The van der Waals surface area contributed by atoms with E-state index < -0.39 is 22.1 Å². The zero-order valence-electron chi connectivity index (χ0n) is 21.6. The molecule has 196 valence electrons. The normalized spacial score (nSPS) is 15.5. The molecule has 2 aromatic rings. The number of carboxylic acid groups (broad SMARTS) is 1. The van der Waals surface area contributed by atoms with Crippen LogP contribution >= 0.6 is 0 Å². The van der Waals surface area contributed by atoms with Crippen LogP contribution < -0.4 is 5.32 Å². The van der Waals surface area contributed by atoms with E-state index in [1.54, 1.807) is 12.1 Å². The first-order valence-corrected chi connectivity index (χ1v) is 13.9. The molecular weight excluding hydrogens is 476 g/mol. The highest BCUT2D eigenvalue weighted by Gasteiger charge is 2.30. The van der Waals surface area contributed by atoms with Crippen molar-refractivity contribution in [2.45, 2.75) is 63.0 Å². The number of nitrogens with zero attached hydrogens (tertiary/aromatic N) is 1. The number of hydrogen-bond donors (Lipinski definition) is 3. The van der Waals surface area contributed by atoms with Crippen LogP contribution in [0.15, 0.2) is 53.4 Å². The van der Waals surface area contributed by atoms with Gasteiger partial charge in [-0.1, -0.05) is 43.3 Å². The van der Waals surface area contributed by atoms with E-state index in [9.17, 15) is 18.3 Å². The van der Waals surface area contributed by atoms with Crippen LogP contribution in [0.4, 0.5) is 0 Å². The van der Waals surface area contributed by atoms with Gasteiger partial charge in [0.2, 0.25) is 10.0 Å². The van der Waals surface area contributed by atoms with Gasteiger partial charge in [0.05, 0.1) is 11.0 Å². The molecule has 36 heavy (non-hydrogen) atoms. The quantitative estimate of drug-likeness (QED) is 0.374. The van der Waals surface area contributed by atoms with Gasteiger partial charge in [0, 0.05) is 31.8 Å². The average molecular weight is 515 g/mol. The van der Waals surface area contributed by atoms with Crippen molar-refractivity contribution in [2.75, 3.05) is 20.1 Å². The SMILES string of the molecule is CCc1cc(C=CC(=O)O)ccc1S(=O)(=O)N(C)CC(O)CNC(C)(C)CC1Cc2ccccc2C1. The molecule has 2 aromatic carbocycles. The fraction of sp³-hybridized carbons (Fsp3) is 0.464. The number of nitrogens with one attached hydrogen (secondary N) is 1. The Bertz CT molecular complexity index is 1180. The number of aliphatic carboxylic acids is 1. The lowest BCUT2D eigenvalue weighted by Gasteiger charge is -2.31. The van der Waals surface area contributed by atoms with Gasteiger partial charge in [0.1, 0.15) is 0 Å². The number of rotatable bonds is 12. The fourth-order valence-corrected chi connectivity index (χ4v) is 6.49. The lowest BCUT2D eigenvalue weighted by Crippen LogP contribution is -2.47. The van der Waals surface area contributed by atoms with E-state index in [1.807, 2.05) is 6.92 Å². The summed E-state index contributed by atoms with van der Waals surface area (Å²) in [6.07, 6.45) is 5.15. The van der Waals surface area contributed by atoms with Crippen LogP contribution in [0.1, 0.15) is 49.4 Å². The average Bonchev–Trinajstić information content (AvgIpc) is 3.22.